The lowest BCUT2D eigenvalue weighted by Gasteiger charge is -2.37. The third kappa shape index (κ3) is 4.79. The van der Waals surface area contributed by atoms with Crippen LogP contribution in [0.4, 0.5) is 5.69 Å². The summed E-state index contributed by atoms with van der Waals surface area (Å²) in [6.07, 6.45) is 8.91. The van der Waals surface area contributed by atoms with Gasteiger partial charge < -0.3 is 19.6 Å². The fourth-order valence-corrected chi connectivity index (χ4v) is 7.69. The van der Waals surface area contributed by atoms with E-state index in [0.717, 1.165) is 36.2 Å². The average molecular weight is 584 g/mol. The van der Waals surface area contributed by atoms with Crippen LogP contribution in [0, 0.1) is 5.92 Å². The summed E-state index contributed by atoms with van der Waals surface area (Å²) in [5.41, 5.74) is 1.71. The van der Waals surface area contributed by atoms with Gasteiger partial charge in [0.25, 0.3) is 5.91 Å². The zero-order chi connectivity index (χ0) is 29.4. The van der Waals surface area contributed by atoms with Gasteiger partial charge >= 0.3 is 0 Å². The summed E-state index contributed by atoms with van der Waals surface area (Å²) in [5.74, 6) is 0.570. The quantitative estimate of drug-likeness (QED) is 0.486. The van der Waals surface area contributed by atoms with Gasteiger partial charge in [-0.05, 0) is 63.3 Å². The number of hydrogen-bond acceptors (Lipinski definition) is 8. The summed E-state index contributed by atoms with van der Waals surface area (Å²) in [6, 6.07) is 11.9. The highest BCUT2D eigenvalue weighted by Crippen LogP contribution is 2.57. The maximum absolute atomic E-state index is 14.4. The van der Waals surface area contributed by atoms with Crippen LogP contribution < -0.4 is 10.2 Å². The van der Waals surface area contributed by atoms with E-state index in [1.807, 2.05) is 46.2 Å². The molecule has 4 aliphatic rings. The van der Waals surface area contributed by atoms with Gasteiger partial charge in [-0.3, -0.25) is 24.3 Å². The fourth-order valence-electron chi connectivity index (χ4n) is 7.69. The predicted octanol–water partition coefficient (Wildman–Crippen LogP) is 2.92. The highest BCUT2D eigenvalue weighted by Gasteiger charge is 2.67. The summed E-state index contributed by atoms with van der Waals surface area (Å²) in [6.45, 7) is 2.91. The van der Waals surface area contributed by atoms with Crippen LogP contribution in [0.3, 0.4) is 0 Å². The Labute approximate surface area is 250 Å². The van der Waals surface area contributed by atoms with Gasteiger partial charge in [0.05, 0.1) is 5.92 Å². The van der Waals surface area contributed by atoms with Crippen molar-refractivity contribution in [3.8, 4) is 11.4 Å². The molecule has 43 heavy (non-hydrogen) atoms. The van der Waals surface area contributed by atoms with Crippen molar-refractivity contribution >= 4 is 23.4 Å². The van der Waals surface area contributed by atoms with Gasteiger partial charge in [-0.25, -0.2) is 0 Å². The molecule has 3 aromatic rings. The highest BCUT2D eigenvalue weighted by molar-refractivity contribution is 6.10. The molecule has 3 atom stereocenters. The van der Waals surface area contributed by atoms with E-state index < -0.39 is 11.5 Å². The van der Waals surface area contributed by atoms with Crippen LogP contribution in [0.5, 0.6) is 0 Å². The highest BCUT2D eigenvalue weighted by atomic mass is 16.5. The van der Waals surface area contributed by atoms with Crippen LogP contribution in [-0.4, -0.2) is 81.4 Å². The van der Waals surface area contributed by atoms with Crippen molar-refractivity contribution in [2.75, 3.05) is 37.6 Å². The molecule has 3 amide bonds. The van der Waals surface area contributed by atoms with E-state index in [4.69, 9.17) is 4.52 Å². The number of fused-ring (bicyclic) bond motifs is 4. The summed E-state index contributed by atoms with van der Waals surface area (Å²) >= 11 is 0. The van der Waals surface area contributed by atoms with E-state index in [2.05, 4.69) is 25.3 Å². The maximum atomic E-state index is 14.4. The number of para-hydroxylation sites is 1. The first-order valence-corrected chi connectivity index (χ1v) is 15.5. The molecule has 4 aliphatic heterocycles. The summed E-state index contributed by atoms with van der Waals surface area (Å²) in [4.78, 5) is 56.1. The number of amides is 3. The largest absolute Gasteiger partial charge is 0.356 e. The Hall–Kier alpha value is -4.12. The molecule has 0 saturated carbocycles. The molecule has 11 heteroatoms. The number of nitrogens with one attached hydrogen (secondary N) is 1. The third-order valence-corrected chi connectivity index (χ3v) is 9.57. The van der Waals surface area contributed by atoms with Gasteiger partial charge in [0, 0.05) is 74.3 Å². The minimum Gasteiger partial charge on any atom is -0.356 e. The minimum absolute atomic E-state index is 0.0144. The van der Waals surface area contributed by atoms with Crippen LogP contribution in [0.2, 0.25) is 0 Å². The number of aryl methyl sites for hydroxylation is 1. The third-order valence-electron chi connectivity index (χ3n) is 9.57. The van der Waals surface area contributed by atoms with Gasteiger partial charge in [0.15, 0.2) is 0 Å². The molecule has 0 radical (unpaired) electrons. The Balaban J connectivity index is 1.04. The molecule has 224 valence electrons. The predicted molar refractivity (Wildman–Crippen MR) is 158 cm³/mol. The number of benzene rings is 1. The molecule has 3 saturated heterocycles. The van der Waals surface area contributed by atoms with Crippen LogP contribution in [0.15, 0.2) is 53.3 Å². The smallest absolute Gasteiger partial charge is 0.253 e. The number of carbonyl (C=O) groups is 3. The van der Waals surface area contributed by atoms with E-state index in [1.54, 1.807) is 12.4 Å². The first kappa shape index (κ1) is 27.7. The molecule has 11 nitrogen and oxygen atoms in total. The van der Waals surface area contributed by atoms with E-state index in [0.29, 0.717) is 76.4 Å². The molecule has 1 spiro atoms. The second-order valence-corrected chi connectivity index (χ2v) is 12.0. The van der Waals surface area contributed by atoms with Crippen molar-refractivity contribution in [2.45, 2.75) is 62.9 Å². The molecule has 1 N–H and O–H groups in total. The van der Waals surface area contributed by atoms with Gasteiger partial charge in [0.1, 0.15) is 5.54 Å². The monoisotopic (exact) mass is 583 g/mol. The molecule has 2 aromatic heterocycles. The summed E-state index contributed by atoms with van der Waals surface area (Å²) in [7, 11) is 0. The van der Waals surface area contributed by atoms with Crippen LogP contribution in [0.1, 0.15) is 56.4 Å². The Morgan fingerprint density at radius 1 is 1.05 bits per heavy atom. The van der Waals surface area contributed by atoms with E-state index in [9.17, 15) is 14.4 Å². The van der Waals surface area contributed by atoms with Gasteiger partial charge in [-0.1, -0.05) is 23.4 Å². The summed E-state index contributed by atoms with van der Waals surface area (Å²) in [5, 5.41) is 7.18. The number of aromatic nitrogens is 3. The zero-order valence-corrected chi connectivity index (χ0v) is 24.3. The van der Waals surface area contributed by atoms with Crippen molar-refractivity contribution in [1.29, 1.82) is 0 Å². The van der Waals surface area contributed by atoms with E-state index in [-0.39, 0.29) is 23.8 Å². The van der Waals surface area contributed by atoms with E-state index in [1.165, 1.54) is 0 Å². The minimum atomic E-state index is -0.933. The lowest BCUT2D eigenvalue weighted by Crippen LogP contribution is -2.56. The second kappa shape index (κ2) is 11.5. The molecule has 1 aromatic carbocycles. The Morgan fingerprint density at radius 3 is 2.81 bits per heavy atom. The second-order valence-electron chi connectivity index (χ2n) is 12.0. The maximum Gasteiger partial charge on any atom is 0.253 e. The van der Waals surface area contributed by atoms with Crippen LogP contribution in [0.25, 0.3) is 11.4 Å². The fraction of sp³-hybridized carbons (Fsp3) is 0.500. The van der Waals surface area contributed by atoms with Crippen LogP contribution in [-0.2, 0) is 26.3 Å². The van der Waals surface area contributed by atoms with Crippen molar-refractivity contribution < 1.29 is 18.9 Å². The lowest BCUT2D eigenvalue weighted by atomic mass is 9.78. The normalized spacial score (nSPS) is 25.8. The van der Waals surface area contributed by atoms with E-state index >= 15 is 0 Å². The molecule has 0 unspecified atom stereocenters. The number of carbonyl (C=O) groups excluding carboxylic acids is 3. The molecule has 6 heterocycles. The Kier molecular flexibility index (Phi) is 7.42. The molecule has 3 fully saturated rings. The number of hydrogen-bond donors (Lipinski definition) is 1. The standard InChI is InChI=1S/C32H37N7O4/c40-28(13-3-12-27-35-29(36-43-27)22-8-4-14-33-21-22)37-16-6-15-34-30(41)25-20-23-9-5-19-39(23)32(25)24-10-1-2-11-26(24)38(31(32)42)18-7-17-37/h1-2,4,8,10-11,14,21,23,25H,3,5-7,9,12-13,15-20H2,(H,34,41)/t23-,25+,32+/m0/s1. The molecule has 2 bridgehead atoms. The first-order valence-electron chi connectivity index (χ1n) is 15.5. The van der Waals surface area contributed by atoms with Crippen molar-refractivity contribution in [3.63, 3.8) is 0 Å². The SMILES string of the molecule is O=C1NCCCN(C(=O)CCCc2nc(-c3cccnc3)no2)CCCN2C(=O)[C@@]3(c4ccccc42)[C@@H]1C[C@@H]1CCCN13. The number of anilines is 1. The molecular weight excluding hydrogens is 546 g/mol. The zero-order valence-electron chi connectivity index (χ0n) is 24.3. The number of rotatable bonds is 5. The topological polar surface area (TPSA) is 125 Å². The molecule has 7 rings (SSSR count). The summed E-state index contributed by atoms with van der Waals surface area (Å²) < 4.78 is 5.39. The van der Waals surface area contributed by atoms with Gasteiger partial charge in [0.2, 0.25) is 23.5 Å². The lowest BCUT2D eigenvalue weighted by molar-refractivity contribution is -0.138. The van der Waals surface area contributed by atoms with Crippen molar-refractivity contribution in [3.05, 3.63) is 60.2 Å². The Morgan fingerprint density at radius 2 is 1.93 bits per heavy atom. The Bertz CT molecular complexity index is 1510. The van der Waals surface area contributed by atoms with Crippen molar-refractivity contribution in [2.24, 2.45) is 5.92 Å². The van der Waals surface area contributed by atoms with Crippen LogP contribution >= 0.6 is 0 Å². The van der Waals surface area contributed by atoms with Crippen molar-refractivity contribution in [1.82, 2.24) is 30.2 Å². The number of nitrogens with zero attached hydrogens (tertiary/aromatic N) is 6. The molecule has 0 aliphatic carbocycles. The average Bonchev–Trinajstić information content (AvgIpc) is 3.80. The number of pyridine rings is 1. The van der Waals surface area contributed by atoms with Gasteiger partial charge in [-0.15, -0.1) is 0 Å². The van der Waals surface area contributed by atoms with Gasteiger partial charge in [-0.2, -0.15) is 4.98 Å². The molecular formula is C32H37N7O4. The first-order chi connectivity index (χ1) is 21.1.